The van der Waals surface area contributed by atoms with Crippen LogP contribution in [0.3, 0.4) is 0 Å². The van der Waals surface area contributed by atoms with E-state index in [2.05, 4.69) is 5.32 Å². The van der Waals surface area contributed by atoms with E-state index in [0.717, 1.165) is 5.56 Å². The zero-order valence-corrected chi connectivity index (χ0v) is 13.3. The molecule has 4 N–H and O–H groups in total. The van der Waals surface area contributed by atoms with Gasteiger partial charge in [-0.1, -0.05) is 42.5 Å². The van der Waals surface area contributed by atoms with E-state index in [1.165, 1.54) is 12.1 Å². The molecular weight excluding hydrogens is 324 g/mol. The maximum absolute atomic E-state index is 12.1. The summed E-state index contributed by atoms with van der Waals surface area (Å²) in [5, 5.41) is 11.5. The van der Waals surface area contributed by atoms with Gasteiger partial charge in [0.2, 0.25) is 0 Å². The Morgan fingerprint density at radius 1 is 1.04 bits per heavy atom. The summed E-state index contributed by atoms with van der Waals surface area (Å²) in [7, 11) is 0. The largest absolute Gasteiger partial charge is 0.480 e. The smallest absolute Gasteiger partial charge is 0.326 e. The zero-order chi connectivity index (χ0) is 18.2. The van der Waals surface area contributed by atoms with Crippen molar-refractivity contribution in [3.05, 3.63) is 65.7 Å². The van der Waals surface area contributed by atoms with Gasteiger partial charge in [-0.15, -0.1) is 0 Å². The number of para-hydroxylation sites is 1. The van der Waals surface area contributed by atoms with E-state index in [0.29, 0.717) is 0 Å². The van der Waals surface area contributed by atoms with Crippen molar-refractivity contribution in [1.29, 1.82) is 0 Å². The molecule has 7 nitrogen and oxygen atoms in total. The number of nitrogens with one attached hydrogen (secondary N) is 1. The minimum absolute atomic E-state index is 0.0333. The maximum atomic E-state index is 12.1. The van der Waals surface area contributed by atoms with Crippen molar-refractivity contribution in [2.24, 2.45) is 0 Å². The molecule has 1 unspecified atom stereocenters. The number of esters is 1. The number of carbonyl (C=O) groups excluding carboxylic acids is 2. The first-order chi connectivity index (χ1) is 12.0. The Balaban J connectivity index is 1.94. The number of hydrogen-bond acceptors (Lipinski definition) is 5. The Morgan fingerprint density at radius 2 is 1.68 bits per heavy atom. The third-order valence-electron chi connectivity index (χ3n) is 3.42. The van der Waals surface area contributed by atoms with Gasteiger partial charge in [-0.2, -0.15) is 0 Å². The van der Waals surface area contributed by atoms with Crippen LogP contribution in [0.15, 0.2) is 54.6 Å². The molecule has 1 atom stereocenters. The van der Waals surface area contributed by atoms with Gasteiger partial charge in [0.1, 0.15) is 12.6 Å². The molecule has 0 heterocycles. The molecule has 0 fully saturated rings. The molecule has 2 aromatic rings. The molecule has 25 heavy (non-hydrogen) atoms. The summed E-state index contributed by atoms with van der Waals surface area (Å²) in [6.45, 7) is 0.0333. The van der Waals surface area contributed by atoms with Crippen LogP contribution in [0, 0.1) is 0 Å². The lowest BCUT2D eigenvalue weighted by Crippen LogP contribution is -2.42. The molecule has 0 spiro atoms. The summed E-state index contributed by atoms with van der Waals surface area (Å²) >= 11 is 0. The third kappa shape index (κ3) is 5.35. The highest BCUT2D eigenvalue weighted by Crippen LogP contribution is 2.11. The number of ether oxygens (including phenoxy) is 1. The van der Waals surface area contributed by atoms with Crippen molar-refractivity contribution in [2.45, 2.75) is 19.1 Å². The molecule has 7 heteroatoms. The second-order valence-electron chi connectivity index (χ2n) is 5.30. The normalized spacial score (nSPS) is 11.4. The molecule has 1 amide bonds. The van der Waals surface area contributed by atoms with Crippen LogP contribution in [0.4, 0.5) is 5.69 Å². The molecule has 0 aromatic heterocycles. The van der Waals surface area contributed by atoms with Crippen molar-refractivity contribution in [1.82, 2.24) is 5.32 Å². The first-order valence-electron chi connectivity index (χ1n) is 7.55. The molecule has 2 aromatic carbocycles. The van der Waals surface area contributed by atoms with E-state index in [-0.39, 0.29) is 17.9 Å². The summed E-state index contributed by atoms with van der Waals surface area (Å²) in [4.78, 5) is 35.3. The highest BCUT2D eigenvalue weighted by atomic mass is 16.5. The number of nitrogens with two attached hydrogens (primary N) is 1. The minimum atomic E-state index is -1.41. The Labute approximate surface area is 144 Å². The van der Waals surface area contributed by atoms with Gasteiger partial charge in [0.25, 0.3) is 5.91 Å². The maximum Gasteiger partial charge on any atom is 0.326 e. The third-order valence-corrected chi connectivity index (χ3v) is 3.42. The van der Waals surface area contributed by atoms with Crippen molar-refractivity contribution in [2.75, 3.05) is 5.73 Å². The number of aliphatic carboxylic acids is 1. The number of anilines is 1. The first kappa shape index (κ1) is 18.0. The zero-order valence-electron chi connectivity index (χ0n) is 13.3. The number of amides is 1. The van der Waals surface area contributed by atoms with Gasteiger partial charge in [-0.05, 0) is 17.7 Å². The predicted octanol–water partition coefficient (Wildman–Crippen LogP) is 1.59. The molecule has 0 aliphatic heterocycles. The first-order valence-corrected chi connectivity index (χ1v) is 7.55. The average molecular weight is 342 g/mol. The van der Waals surface area contributed by atoms with Crippen LogP contribution in [0.5, 0.6) is 0 Å². The van der Waals surface area contributed by atoms with Gasteiger partial charge in [-0.25, -0.2) is 4.79 Å². The molecule has 0 bridgehead atoms. The second kappa shape index (κ2) is 8.49. The fourth-order valence-corrected chi connectivity index (χ4v) is 2.10. The van der Waals surface area contributed by atoms with Crippen LogP contribution >= 0.6 is 0 Å². The van der Waals surface area contributed by atoms with Crippen LogP contribution in [0.2, 0.25) is 0 Å². The number of nitrogen functional groups attached to an aromatic ring is 1. The standard InChI is InChI=1S/C18H18N2O5/c19-14-9-5-4-8-13(14)17(22)20-15(18(23)24)10-16(21)25-11-12-6-2-1-3-7-12/h1-9,15H,10-11,19H2,(H,20,22)(H,23,24). The number of hydrogen-bond donors (Lipinski definition) is 3. The fourth-order valence-electron chi connectivity index (χ4n) is 2.10. The Bertz CT molecular complexity index is 761. The van der Waals surface area contributed by atoms with Crippen LogP contribution in [-0.2, 0) is 20.9 Å². The number of benzene rings is 2. The SMILES string of the molecule is Nc1ccccc1C(=O)NC(CC(=O)OCc1ccccc1)C(=O)O. The summed E-state index contributed by atoms with van der Waals surface area (Å²) in [6.07, 6.45) is -0.485. The monoisotopic (exact) mass is 342 g/mol. The molecule has 130 valence electrons. The summed E-state index contributed by atoms with van der Waals surface area (Å²) in [5.41, 5.74) is 6.83. The molecular formula is C18H18N2O5. The van der Waals surface area contributed by atoms with E-state index in [1.807, 2.05) is 6.07 Å². The lowest BCUT2D eigenvalue weighted by molar-refractivity contribution is -0.150. The summed E-state index contributed by atoms with van der Waals surface area (Å²) in [5.74, 6) is -2.72. The second-order valence-corrected chi connectivity index (χ2v) is 5.30. The number of carbonyl (C=O) groups is 3. The van der Waals surface area contributed by atoms with E-state index >= 15 is 0 Å². The lowest BCUT2D eigenvalue weighted by Gasteiger charge is -2.15. The Morgan fingerprint density at radius 3 is 2.32 bits per heavy atom. The van der Waals surface area contributed by atoms with Crippen LogP contribution in [-0.4, -0.2) is 29.0 Å². The van der Waals surface area contributed by atoms with Gasteiger partial charge < -0.3 is 20.9 Å². The van der Waals surface area contributed by atoms with Gasteiger partial charge in [-0.3, -0.25) is 9.59 Å². The number of rotatable bonds is 7. The van der Waals surface area contributed by atoms with Gasteiger partial charge in [0.05, 0.1) is 12.0 Å². The minimum Gasteiger partial charge on any atom is -0.480 e. The molecule has 0 aliphatic carbocycles. The average Bonchev–Trinajstić information content (AvgIpc) is 2.60. The summed E-state index contributed by atoms with van der Waals surface area (Å²) in [6, 6.07) is 13.8. The Kier molecular flexibility index (Phi) is 6.11. The lowest BCUT2D eigenvalue weighted by atomic mass is 10.1. The van der Waals surface area contributed by atoms with Crippen molar-refractivity contribution in [3.63, 3.8) is 0 Å². The van der Waals surface area contributed by atoms with Crippen molar-refractivity contribution < 1.29 is 24.2 Å². The highest BCUT2D eigenvalue weighted by Gasteiger charge is 2.25. The van der Waals surface area contributed by atoms with Gasteiger partial charge in [0, 0.05) is 5.69 Å². The molecule has 0 saturated heterocycles. The quantitative estimate of drug-likeness (QED) is 0.519. The van der Waals surface area contributed by atoms with Crippen LogP contribution in [0.1, 0.15) is 22.3 Å². The molecule has 2 rings (SSSR count). The van der Waals surface area contributed by atoms with Crippen molar-refractivity contribution in [3.8, 4) is 0 Å². The Hall–Kier alpha value is -3.35. The van der Waals surface area contributed by atoms with E-state index < -0.39 is 30.3 Å². The van der Waals surface area contributed by atoms with Crippen molar-refractivity contribution >= 4 is 23.5 Å². The number of carboxylic acid groups (broad SMARTS) is 1. The van der Waals surface area contributed by atoms with Gasteiger partial charge >= 0.3 is 11.9 Å². The van der Waals surface area contributed by atoms with Gasteiger partial charge in [0.15, 0.2) is 0 Å². The van der Waals surface area contributed by atoms with E-state index in [1.54, 1.807) is 36.4 Å². The fraction of sp³-hybridized carbons (Fsp3) is 0.167. The molecule has 0 saturated carbocycles. The molecule has 0 aliphatic rings. The van der Waals surface area contributed by atoms with E-state index in [4.69, 9.17) is 10.5 Å². The van der Waals surface area contributed by atoms with E-state index in [9.17, 15) is 19.5 Å². The topological polar surface area (TPSA) is 119 Å². The summed E-state index contributed by atoms with van der Waals surface area (Å²) < 4.78 is 5.04. The van der Waals surface area contributed by atoms with Crippen LogP contribution < -0.4 is 11.1 Å². The highest BCUT2D eigenvalue weighted by molar-refractivity contribution is 6.01. The molecule has 0 radical (unpaired) electrons. The predicted molar refractivity (Wildman–Crippen MR) is 90.6 cm³/mol. The number of carboxylic acids is 1. The van der Waals surface area contributed by atoms with Crippen LogP contribution in [0.25, 0.3) is 0 Å².